The molecule has 1 saturated carbocycles. The summed E-state index contributed by atoms with van der Waals surface area (Å²) in [6, 6.07) is 16.3. The number of nitrogens with zero attached hydrogens (tertiary/aromatic N) is 5. The molecule has 0 bridgehead atoms. The van der Waals surface area contributed by atoms with Crippen molar-refractivity contribution in [1.29, 1.82) is 0 Å². The second-order valence-electron chi connectivity index (χ2n) is 8.02. The van der Waals surface area contributed by atoms with E-state index >= 15 is 0 Å². The Labute approximate surface area is 177 Å². The fourth-order valence-corrected chi connectivity index (χ4v) is 4.23. The molecule has 0 radical (unpaired) electrons. The number of aromatic nitrogens is 7. The Hall–Kier alpha value is -3.94. The third-order valence-corrected chi connectivity index (χ3v) is 6.14. The van der Waals surface area contributed by atoms with Crippen molar-refractivity contribution in [2.24, 2.45) is 7.05 Å². The summed E-state index contributed by atoms with van der Waals surface area (Å²) < 4.78 is 3.62. The smallest absolute Gasteiger partial charge is 0.335 e. The van der Waals surface area contributed by atoms with Crippen molar-refractivity contribution in [2.45, 2.75) is 25.3 Å². The first kappa shape index (κ1) is 17.9. The molecule has 0 amide bonds. The third-order valence-electron chi connectivity index (χ3n) is 6.14. The lowest BCUT2D eigenvalue weighted by Crippen LogP contribution is -2.27. The van der Waals surface area contributed by atoms with E-state index in [9.17, 15) is 4.79 Å². The molecular formula is C23H21N7O. The number of hydrogen-bond donors (Lipinski definition) is 2. The van der Waals surface area contributed by atoms with Gasteiger partial charge in [0.15, 0.2) is 5.82 Å². The minimum atomic E-state index is -0.177. The van der Waals surface area contributed by atoms with Crippen LogP contribution in [-0.4, -0.2) is 34.5 Å². The van der Waals surface area contributed by atoms with Gasteiger partial charge in [0.1, 0.15) is 17.2 Å². The zero-order chi connectivity index (χ0) is 20.9. The van der Waals surface area contributed by atoms with Crippen LogP contribution in [0.1, 0.15) is 25.3 Å². The Bertz CT molecular complexity index is 1450. The molecule has 154 valence electrons. The van der Waals surface area contributed by atoms with E-state index in [1.54, 1.807) is 4.57 Å². The van der Waals surface area contributed by atoms with Crippen LogP contribution in [0.4, 0.5) is 0 Å². The van der Waals surface area contributed by atoms with Crippen molar-refractivity contribution in [3.8, 4) is 34.2 Å². The average molecular weight is 411 g/mol. The van der Waals surface area contributed by atoms with Crippen LogP contribution in [-0.2, 0) is 7.05 Å². The summed E-state index contributed by atoms with van der Waals surface area (Å²) in [6.45, 7) is 0. The van der Waals surface area contributed by atoms with E-state index in [0.717, 1.165) is 58.5 Å². The van der Waals surface area contributed by atoms with Crippen LogP contribution in [0.2, 0.25) is 0 Å². The van der Waals surface area contributed by atoms with Gasteiger partial charge in [0.05, 0.1) is 11.7 Å². The van der Waals surface area contributed by atoms with Crippen molar-refractivity contribution in [1.82, 2.24) is 34.5 Å². The van der Waals surface area contributed by atoms with Crippen LogP contribution < -0.4 is 5.69 Å². The van der Waals surface area contributed by atoms with Gasteiger partial charge < -0.3 is 4.98 Å². The van der Waals surface area contributed by atoms with Crippen LogP contribution in [0.25, 0.3) is 45.1 Å². The summed E-state index contributed by atoms with van der Waals surface area (Å²) in [5, 5.41) is 12.4. The highest BCUT2D eigenvalue weighted by atomic mass is 16.1. The van der Waals surface area contributed by atoms with Crippen molar-refractivity contribution in [3.63, 3.8) is 0 Å². The van der Waals surface area contributed by atoms with Gasteiger partial charge in [-0.05, 0) is 25.3 Å². The molecule has 1 aliphatic rings. The molecule has 0 atom stereocenters. The van der Waals surface area contributed by atoms with Gasteiger partial charge in [-0.25, -0.2) is 14.9 Å². The van der Waals surface area contributed by atoms with Crippen LogP contribution >= 0.6 is 0 Å². The van der Waals surface area contributed by atoms with E-state index in [-0.39, 0.29) is 11.7 Å². The Morgan fingerprint density at radius 1 is 1.06 bits per heavy atom. The molecule has 31 heavy (non-hydrogen) atoms. The number of hydrogen-bond acceptors (Lipinski definition) is 4. The van der Waals surface area contributed by atoms with E-state index in [1.807, 2.05) is 60.4 Å². The van der Waals surface area contributed by atoms with Crippen molar-refractivity contribution in [2.75, 3.05) is 0 Å². The van der Waals surface area contributed by atoms with Gasteiger partial charge in [-0.2, -0.15) is 10.2 Å². The van der Waals surface area contributed by atoms with Gasteiger partial charge in [0.25, 0.3) is 0 Å². The van der Waals surface area contributed by atoms with Gasteiger partial charge >= 0.3 is 5.69 Å². The second kappa shape index (κ2) is 6.80. The van der Waals surface area contributed by atoms with Gasteiger partial charge in [-0.3, -0.25) is 9.25 Å². The summed E-state index contributed by atoms with van der Waals surface area (Å²) in [7, 11) is 1.93. The number of aromatic amines is 2. The molecule has 0 unspecified atom stereocenters. The van der Waals surface area contributed by atoms with E-state index < -0.39 is 0 Å². The standard InChI is InChI=1S/C23H21N7O/c1-29-18-12-15(10-11-16(18)13-24-29)19-20(26-21(25-19)14-6-3-2-4-7-14)22-27-28-23(31)30(22)17-8-5-9-17/h2-4,6-7,10-13,17H,5,8-9H2,1H3,(H,25,26)(H,28,31). The van der Waals surface area contributed by atoms with Crippen LogP contribution in [0, 0.1) is 0 Å². The number of aryl methyl sites for hydroxylation is 1. The summed E-state index contributed by atoms with van der Waals surface area (Å²) in [4.78, 5) is 21.0. The van der Waals surface area contributed by atoms with Crippen LogP contribution in [0.15, 0.2) is 59.5 Å². The quantitative estimate of drug-likeness (QED) is 0.469. The lowest BCUT2D eigenvalue weighted by Gasteiger charge is -2.26. The van der Waals surface area contributed by atoms with Crippen molar-refractivity contribution in [3.05, 3.63) is 65.2 Å². The molecule has 2 aromatic carbocycles. The zero-order valence-corrected chi connectivity index (χ0v) is 17.0. The third kappa shape index (κ3) is 2.83. The number of rotatable bonds is 4. The molecule has 3 heterocycles. The number of fused-ring (bicyclic) bond motifs is 1. The minimum Gasteiger partial charge on any atom is -0.335 e. The fourth-order valence-electron chi connectivity index (χ4n) is 4.23. The number of H-pyrrole nitrogens is 2. The van der Waals surface area contributed by atoms with E-state index in [2.05, 4.69) is 26.3 Å². The first-order valence-corrected chi connectivity index (χ1v) is 10.4. The van der Waals surface area contributed by atoms with Crippen LogP contribution in [0.3, 0.4) is 0 Å². The first-order chi connectivity index (χ1) is 15.2. The maximum atomic E-state index is 12.6. The topological polar surface area (TPSA) is 97.2 Å². The molecule has 6 rings (SSSR count). The maximum Gasteiger partial charge on any atom is 0.343 e. The number of benzene rings is 2. The summed E-state index contributed by atoms with van der Waals surface area (Å²) in [6.07, 6.45) is 4.96. The van der Waals surface area contributed by atoms with E-state index in [0.29, 0.717) is 5.82 Å². The van der Waals surface area contributed by atoms with Gasteiger partial charge in [-0.15, -0.1) is 0 Å². The first-order valence-electron chi connectivity index (χ1n) is 10.4. The lowest BCUT2D eigenvalue weighted by molar-refractivity contribution is 0.309. The van der Waals surface area contributed by atoms with Gasteiger partial charge in [-0.1, -0.05) is 42.5 Å². The van der Waals surface area contributed by atoms with Crippen LogP contribution in [0.5, 0.6) is 0 Å². The summed E-state index contributed by atoms with van der Waals surface area (Å²) >= 11 is 0. The minimum absolute atomic E-state index is 0.177. The average Bonchev–Trinajstić information content (AvgIpc) is 3.46. The molecule has 0 aliphatic heterocycles. The Balaban J connectivity index is 1.59. The second-order valence-corrected chi connectivity index (χ2v) is 8.02. The van der Waals surface area contributed by atoms with E-state index in [4.69, 9.17) is 4.98 Å². The van der Waals surface area contributed by atoms with E-state index in [1.165, 1.54) is 0 Å². The Morgan fingerprint density at radius 3 is 2.68 bits per heavy atom. The normalized spacial score (nSPS) is 14.2. The molecule has 8 heteroatoms. The molecule has 5 aromatic rings. The highest BCUT2D eigenvalue weighted by molar-refractivity contribution is 5.87. The van der Waals surface area contributed by atoms with Crippen molar-refractivity contribution >= 4 is 10.9 Å². The number of nitrogens with one attached hydrogen (secondary N) is 2. The highest BCUT2D eigenvalue weighted by Gasteiger charge is 2.28. The van der Waals surface area contributed by atoms with Gasteiger partial charge in [0.2, 0.25) is 0 Å². The molecule has 0 saturated heterocycles. The maximum absolute atomic E-state index is 12.6. The largest absolute Gasteiger partial charge is 0.343 e. The number of imidazole rings is 1. The Morgan fingerprint density at radius 2 is 1.90 bits per heavy atom. The molecule has 0 spiro atoms. The zero-order valence-electron chi connectivity index (χ0n) is 17.0. The highest BCUT2D eigenvalue weighted by Crippen LogP contribution is 2.37. The fraction of sp³-hybridized carbons (Fsp3) is 0.217. The predicted molar refractivity (Wildman–Crippen MR) is 118 cm³/mol. The molecule has 3 aromatic heterocycles. The monoisotopic (exact) mass is 411 g/mol. The van der Waals surface area contributed by atoms with Gasteiger partial charge in [0, 0.05) is 29.6 Å². The molecule has 2 N–H and O–H groups in total. The molecular weight excluding hydrogens is 390 g/mol. The predicted octanol–water partition coefficient (Wildman–Crippen LogP) is 3.91. The molecule has 8 nitrogen and oxygen atoms in total. The Kier molecular flexibility index (Phi) is 3.92. The van der Waals surface area contributed by atoms with Crippen molar-refractivity contribution < 1.29 is 0 Å². The molecule has 1 aliphatic carbocycles. The lowest BCUT2D eigenvalue weighted by atomic mass is 9.92. The summed E-state index contributed by atoms with van der Waals surface area (Å²) in [5.41, 5.74) is 4.27. The molecule has 1 fully saturated rings. The summed E-state index contributed by atoms with van der Waals surface area (Å²) in [5.74, 6) is 1.34. The SMILES string of the molecule is Cn1ncc2ccc(-c3nc(-c4ccccc4)[nH]c3-c3n[nH]c(=O)n3C3CCC3)cc21.